The zero-order valence-corrected chi connectivity index (χ0v) is 12.8. The van der Waals surface area contributed by atoms with Crippen LogP contribution in [0.15, 0.2) is 0 Å². The van der Waals surface area contributed by atoms with E-state index in [2.05, 4.69) is 13.8 Å². The third kappa shape index (κ3) is 5.53. The number of hydrogen-bond donors (Lipinski definition) is 0. The lowest BCUT2D eigenvalue weighted by atomic mass is 10.1. The highest BCUT2D eigenvalue weighted by Crippen LogP contribution is 2.19. The summed E-state index contributed by atoms with van der Waals surface area (Å²) in [6.07, 6.45) is 10.1. The van der Waals surface area contributed by atoms with Gasteiger partial charge in [0.25, 0.3) is 0 Å². The maximum Gasteiger partial charge on any atom is 0.0786 e. The van der Waals surface area contributed by atoms with Gasteiger partial charge in [-0.15, -0.1) is 0 Å². The molecule has 0 aromatic carbocycles. The summed E-state index contributed by atoms with van der Waals surface area (Å²) < 4.78 is 1.44. The molecular weight excluding hydrogens is 297 g/mol. The molecule has 0 saturated carbocycles. The number of rotatable bonds is 4. The number of halogens is 1. The van der Waals surface area contributed by atoms with Crippen LogP contribution in [-0.2, 0) is 0 Å². The van der Waals surface area contributed by atoms with E-state index in [1.807, 2.05) is 0 Å². The van der Waals surface area contributed by atoms with E-state index >= 15 is 0 Å². The Balaban J connectivity index is 0.00000196. The molecule has 1 saturated heterocycles. The van der Waals surface area contributed by atoms with Gasteiger partial charge in [-0.1, -0.05) is 20.3 Å². The van der Waals surface area contributed by atoms with Crippen LogP contribution in [0.4, 0.5) is 0 Å². The second-order valence-electron chi connectivity index (χ2n) is 5.00. The Bertz CT molecular complexity index is 131. The highest BCUT2D eigenvalue weighted by Gasteiger charge is 2.25. The minimum absolute atomic E-state index is 0. The summed E-state index contributed by atoms with van der Waals surface area (Å²) >= 11 is 0. The van der Waals surface area contributed by atoms with E-state index in [0.717, 1.165) is 0 Å². The molecule has 0 atom stereocenters. The molecule has 1 nitrogen and oxygen atoms in total. The molecule has 1 fully saturated rings. The zero-order valence-electron chi connectivity index (χ0n) is 10.6. The third-order valence-corrected chi connectivity index (χ3v) is 3.66. The van der Waals surface area contributed by atoms with Gasteiger partial charge < -0.3 is 28.5 Å². The first-order valence-corrected chi connectivity index (χ1v) is 6.68. The van der Waals surface area contributed by atoms with Crippen molar-refractivity contribution in [1.29, 1.82) is 0 Å². The molecule has 0 unspecified atom stereocenters. The summed E-state index contributed by atoms with van der Waals surface area (Å²) in [6, 6.07) is 0. The van der Waals surface area contributed by atoms with E-state index in [0.29, 0.717) is 0 Å². The Morgan fingerprint density at radius 2 is 1.13 bits per heavy atom. The normalized spacial score (nSPS) is 21.2. The smallest absolute Gasteiger partial charge is 0.0786 e. The second-order valence-corrected chi connectivity index (χ2v) is 5.00. The predicted octanol–water partition coefficient (Wildman–Crippen LogP) is 0.591. The van der Waals surface area contributed by atoms with Crippen molar-refractivity contribution >= 4 is 0 Å². The van der Waals surface area contributed by atoms with E-state index in [9.17, 15) is 0 Å². The molecule has 0 N–H and O–H groups in total. The van der Waals surface area contributed by atoms with Gasteiger partial charge in [-0.3, -0.25) is 0 Å². The summed E-state index contributed by atoms with van der Waals surface area (Å²) in [4.78, 5) is 0. The molecular formula is C13H28IN. The quantitative estimate of drug-likeness (QED) is 0.524. The zero-order chi connectivity index (χ0) is 10.3. The minimum Gasteiger partial charge on any atom is -1.00 e. The van der Waals surface area contributed by atoms with E-state index in [1.165, 1.54) is 75.6 Å². The predicted molar refractivity (Wildman–Crippen MR) is 63.4 cm³/mol. The van der Waals surface area contributed by atoms with Gasteiger partial charge in [-0.05, 0) is 38.5 Å². The van der Waals surface area contributed by atoms with Crippen LogP contribution < -0.4 is 24.0 Å². The topological polar surface area (TPSA) is 0 Å². The lowest BCUT2D eigenvalue weighted by molar-refractivity contribution is -0.929. The summed E-state index contributed by atoms with van der Waals surface area (Å²) in [5, 5.41) is 0. The van der Waals surface area contributed by atoms with Gasteiger partial charge in [0.1, 0.15) is 0 Å². The average molecular weight is 325 g/mol. The van der Waals surface area contributed by atoms with Gasteiger partial charge in [0.2, 0.25) is 0 Å². The van der Waals surface area contributed by atoms with Gasteiger partial charge in [0, 0.05) is 0 Å². The molecule has 15 heavy (non-hydrogen) atoms. The molecule has 92 valence electrons. The standard InChI is InChI=1S/C13H28N.HI/c1-3-10-14(11-4-2)12-8-6-5-7-9-13-14;/h3-13H2,1-2H3;1H/q+1;/p-1. The van der Waals surface area contributed by atoms with Gasteiger partial charge in [-0.25, -0.2) is 0 Å². The van der Waals surface area contributed by atoms with Crippen LogP contribution in [0.25, 0.3) is 0 Å². The van der Waals surface area contributed by atoms with Crippen LogP contribution in [0.1, 0.15) is 58.8 Å². The summed E-state index contributed by atoms with van der Waals surface area (Å²) in [7, 11) is 0. The molecule has 1 aliphatic rings. The van der Waals surface area contributed by atoms with Crippen molar-refractivity contribution in [2.75, 3.05) is 26.2 Å². The Hall–Kier alpha value is 0.690. The van der Waals surface area contributed by atoms with Crippen LogP contribution in [0.3, 0.4) is 0 Å². The first-order valence-electron chi connectivity index (χ1n) is 6.68. The van der Waals surface area contributed by atoms with Crippen molar-refractivity contribution in [3.63, 3.8) is 0 Å². The first-order chi connectivity index (χ1) is 6.83. The molecule has 1 rings (SSSR count). The number of likely N-dealkylation sites (tertiary alicyclic amines) is 1. The fraction of sp³-hybridized carbons (Fsp3) is 1.00. The molecule has 1 aliphatic heterocycles. The molecule has 0 spiro atoms. The van der Waals surface area contributed by atoms with Crippen LogP contribution in [0, 0.1) is 0 Å². The van der Waals surface area contributed by atoms with Gasteiger partial charge in [0.05, 0.1) is 26.2 Å². The van der Waals surface area contributed by atoms with Crippen molar-refractivity contribution in [3.05, 3.63) is 0 Å². The average Bonchev–Trinajstić information content (AvgIpc) is 2.12. The molecule has 0 aliphatic carbocycles. The SMILES string of the molecule is CCC[N+]1(CCC)CCCCCCC1.[I-]. The summed E-state index contributed by atoms with van der Waals surface area (Å²) in [6.45, 7) is 10.5. The minimum atomic E-state index is 0. The van der Waals surface area contributed by atoms with Crippen LogP contribution in [0.5, 0.6) is 0 Å². The molecule has 0 bridgehead atoms. The van der Waals surface area contributed by atoms with E-state index in [4.69, 9.17) is 0 Å². The first kappa shape index (κ1) is 15.7. The fourth-order valence-corrected chi connectivity index (χ4v) is 3.04. The fourth-order valence-electron chi connectivity index (χ4n) is 3.04. The van der Waals surface area contributed by atoms with E-state index in [-0.39, 0.29) is 24.0 Å². The highest BCUT2D eigenvalue weighted by molar-refractivity contribution is 4.53. The second kappa shape index (κ2) is 8.80. The summed E-state index contributed by atoms with van der Waals surface area (Å²) in [5.41, 5.74) is 0. The Morgan fingerprint density at radius 1 is 0.733 bits per heavy atom. The van der Waals surface area contributed by atoms with Crippen molar-refractivity contribution in [2.45, 2.75) is 58.8 Å². The van der Waals surface area contributed by atoms with Crippen LogP contribution in [-0.4, -0.2) is 30.7 Å². The molecule has 0 amide bonds. The van der Waals surface area contributed by atoms with Crippen molar-refractivity contribution in [3.8, 4) is 0 Å². The molecule has 0 aromatic heterocycles. The Morgan fingerprint density at radius 3 is 1.53 bits per heavy atom. The maximum absolute atomic E-state index is 2.34. The lowest BCUT2D eigenvalue weighted by Crippen LogP contribution is -3.00. The van der Waals surface area contributed by atoms with E-state index < -0.39 is 0 Å². The number of nitrogens with zero attached hydrogens (tertiary/aromatic N) is 1. The van der Waals surface area contributed by atoms with E-state index in [1.54, 1.807) is 0 Å². The number of hydrogen-bond acceptors (Lipinski definition) is 0. The molecule has 1 heterocycles. The van der Waals surface area contributed by atoms with Crippen LogP contribution >= 0.6 is 0 Å². The highest BCUT2D eigenvalue weighted by atomic mass is 127. The largest absolute Gasteiger partial charge is 1.00 e. The molecule has 2 heteroatoms. The van der Waals surface area contributed by atoms with Crippen molar-refractivity contribution in [1.82, 2.24) is 0 Å². The van der Waals surface area contributed by atoms with Gasteiger partial charge in [-0.2, -0.15) is 0 Å². The third-order valence-electron chi connectivity index (χ3n) is 3.66. The van der Waals surface area contributed by atoms with Crippen molar-refractivity contribution in [2.24, 2.45) is 0 Å². The van der Waals surface area contributed by atoms with Gasteiger partial charge >= 0.3 is 0 Å². The Kier molecular flexibility index (Phi) is 9.20. The van der Waals surface area contributed by atoms with Crippen LogP contribution in [0.2, 0.25) is 0 Å². The monoisotopic (exact) mass is 325 g/mol. The van der Waals surface area contributed by atoms with Crippen molar-refractivity contribution < 1.29 is 28.5 Å². The molecule has 0 aromatic rings. The van der Waals surface area contributed by atoms with Gasteiger partial charge in [0.15, 0.2) is 0 Å². The molecule has 0 radical (unpaired) electrons. The Labute approximate surface area is 113 Å². The lowest BCUT2D eigenvalue weighted by Gasteiger charge is -2.40. The number of quaternary nitrogens is 1. The maximum atomic E-state index is 2.34. The summed E-state index contributed by atoms with van der Waals surface area (Å²) in [5.74, 6) is 0.